The minimum Gasteiger partial charge on any atom is -0.493 e. The van der Waals surface area contributed by atoms with Gasteiger partial charge in [0.1, 0.15) is 6.61 Å². The quantitative estimate of drug-likeness (QED) is 0.548. The van der Waals surface area contributed by atoms with Gasteiger partial charge in [0.2, 0.25) is 0 Å². The predicted octanol–water partition coefficient (Wildman–Crippen LogP) is 4.44. The summed E-state index contributed by atoms with van der Waals surface area (Å²) in [6.07, 6.45) is 1.48. The molecule has 0 aliphatic carbocycles. The van der Waals surface area contributed by atoms with E-state index in [1.54, 1.807) is 57.5 Å². The lowest BCUT2D eigenvalue weighted by Crippen LogP contribution is -2.16. The smallest absolute Gasteiger partial charge is 0.263 e. The number of ether oxygens (including phenoxy) is 3. The number of pyridine rings is 1. The molecule has 2 aromatic carbocycles. The molecular formula is C21H21ClN2O5S. The Hall–Kier alpha value is -2.97. The maximum Gasteiger partial charge on any atom is 0.263 e. The molecule has 158 valence electrons. The van der Waals surface area contributed by atoms with Crippen molar-refractivity contribution in [1.29, 1.82) is 0 Å². The number of rotatable bonds is 8. The van der Waals surface area contributed by atoms with Gasteiger partial charge in [-0.25, -0.2) is 13.4 Å². The molecule has 0 amide bonds. The lowest BCUT2D eigenvalue weighted by Gasteiger charge is -2.15. The van der Waals surface area contributed by atoms with Crippen molar-refractivity contribution < 1.29 is 22.6 Å². The van der Waals surface area contributed by atoms with Crippen molar-refractivity contribution >= 4 is 27.4 Å². The normalized spacial score (nSPS) is 11.1. The number of halogens is 1. The Morgan fingerprint density at radius 2 is 1.77 bits per heavy atom. The molecular weight excluding hydrogens is 428 g/mol. The highest BCUT2D eigenvalue weighted by molar-refractivity contribution is 7.92. The van der Waals surface area contributed by atoms with Crippen molar-refractivity contribution in [2.45, 2.75) is 18.4 Å². The lowest BCUT2D eigenvalue weighted by molar-refractivity contribution is 0.304. The topological polar surface area (TPSA) is 86.8 Å². The van der Waals surface area contributed by atoms with Crippen LogP contribution in [0.5, 0.6) is 17.2 Å². The van der Waals surface area contributed by atoms with E-state index in [4.69, 9.17) is 25.8 Å². The molecule has 0 bridgehead atoms. The monoisotopic (exact) mass is 448 g/mol. The van der Waals surface area contributed by atoms with Gasteiger partial charge in [0.05, 0.1) is 19.1 Å². The number of aromatic nitrogens is 1. The van der Waals surface area contributed by atoms with Crippen LogP contribution in [0.15, 0.2) is 59.6 Å². The van der Waals surface area contributed by atoms with Gasteiger partial charge < -0.3 is 14.2 Å². The second-order valence-corrected chi connectivity index (χ2v) is 8.35. The standard InChI is InChI=1S/C21H21ClN2O5S/c1-14-16(22)6-4-8-20(14)30(25,26)24-21-18(7-5-11-23-21)29-13-15-9-10-17(27-2)19(12-15)28-3/h4-12H,13H2,1-3H3,(H,23,24). The molecule has 1 N–H and O–H groups in total. The molecule has 1 aromatic heterocycles. The van der Waals surface area contributed by atoms with Gasteiger partial charge >= 0.3 is 0 Å². The summed E-state index contributed by atoms with van der Waals surface area (Å²) in [7, 11) is -0.796. The molecule has 0 atom stereocenters. The summed E-state index contributed by atoms with van der Waals surface area (Å²) in [4.78, 5) is 4.20. The van der Waals surface area contributed by atoms with Crippen LogP contribution in [0.4, 0.5) is 5.82 Å². The van der Waals surface area contributed by atoms with E-state index in [1.807, 2.05) is 6.07 Å². The summed E-state index contributed by atoms with van der Waals surface area (Å²) in [5.74, 6) is 1.54. The van der Waals surface area contributed by atoms with Crippen molar-refractivity contribution in [2.75, 3.05) is 18.9 Å². The molecule has 0 aliphatic heterocycles. The van der Waals surface area contributed by atoms with E-state index < -0.39 is 10.0 Å². The largest absolute Gasteiger partial charge is 0.493 e. The van der Waals surface area contributed by atoms with Crippen LogP contribution in [-0.2, 0) is 16.6 Å². The first-order valence-electron chi connectivity index (χ1n) is 8.92. The molecule has 9 heteroatoms. The number of methoxy groups -OCH3 is 2. The third kappa shape index (κ3) is 4.77. The van der Waals surface area contributed by atoms with Crippen molar-refractivity contribution in [3.8, 4) is 17.2 Å². The molecule has 0 fully saturated rings. The molecule has 0 radical (unpaired) electrons. The predicted molar refractivity (Wildman–Crippen MR) is 115 cm³/mol. The number of nitrogens with one attached hydrogen (secondary N) is 1. The summed E-state index contributed by atoms with van der Waals surface area (Å²) >= 11 is 6.07. The number of sulfonamides is 1. The maximum absolute atomic E-state index is 12.9. The summed E-state index contributed by atoms with van der Waals surface area (Å²) in [5, 5.41) is 0.365. The highest BCUT2D eigenvalue weighted by Crippen LogP contribution is 2.30. The molecule has 3 rings (SSSR count). The van der Waals surface area contributed by atoms with Crippen LogP contribution < -0.4 is 18.9 Å². The van der Waals surface area contributed by atoms with Gasteiger partial charge in [0, 0.05) is 11.2 Å². The first kappa shape index (κ1) is 21.7. The van der Waals surface area contributed by atoms with E-state index in [2.05, 4.69) is 9.71 Å². The second kappa shape index (κ2) is 9.23. The molecule has 0 spiro atoms. The van der Waals surface area contributed by atoms with Gasteiger partial charge in [-0.2, -0.15) is 0 Å². The van der Waals surface area contributed by atoms with Crippen LogP contribution in [0, 0.1) is 6.92 Å². The van der Waals surface area contributed by atoms with Gasteiger partial charge in [0.25, 0.3) is 10.0 Å². The van der Waals surface area contributed by atoms with E-state index in [0.29, 0.717) is 22.1 Å². The number of nitrogens with zero attached hydrogens (tertiary/aromatic N) is 1. The zero-order valence-corrected chi connectivity index (χ0v) is 18.3. The van der Waals surface area contributed by atoms with Crippen LogP contribution in [0.25, 0.3) is 0 Å². The Bertz CT molecular complexity index is 1150. The maximum atomic E-state index is 12.9. The Morgan fingerprint density at radius 1 is 1.00 bits per heavy atom. The number of hydrogen-bond acceptors (Lipinski definition) is 6. The van der Waals surface area contributed by atoms with Crippen LogP contribution in [0.1, 0.15) is 11.1 Å². The van der Waals surface area contributed by atoms with Crippen LogP contribution in [-0.4, -0.2) is 27.6 Å². The fourth-order valence-corrected chi connectivity index (χ4v) is 4.30. The summed E-state index contributed by atoms with van der Waals surface area (Å²) < 4.78 is 44.5. The molecule has 1 heterocycles. The van der Waals surface area contributed by atoms with Crippen LogP contribution in [0.3, 0.4) is 0 Å². The fourth-order valence-electron chi connectivity index (χ4n) is 2.78. The Morgan fingerprint density at radius 3 is 2.50 bits per heavy atom. The molecule has 7 nitrogen and oxygen atoms in total. The molecule has 3 aromatic rings. The molecule has 0 unspecified atom stereocenters. The second-order valence-electron chi connectivity index (χ2n) is 6.30. The van der Waals surface area contributed by atoms with E-state index in [-0.39, 0.29) is 23.1 Å². The Kier molecular flexibility index (Phi) is 6.69. The van der Waals surface area contributed by atoms with Gasteiger partial charge in [0.15, 0.2) is 23.1 Å². The van der Waals surface area contributed by atoms with Crippen molar-refractivity contribution in [3.05, 3.63) is 70.9 Å². The van der Waals surface area contributed by atoms with Crippen LogP contribution >= 0.6 is 11.6 Å². The molecule has 0 saturated carbocycles. The minimum atomic E-state index is -3.91. The Labute approximate surface area is 180 Å². The average molecular weight is 449 g/mol. The molecule has 30 heavy (non-hydrogen) atoms. The van der Waals surface area contributed by atoms with Gasteiger partial charge in [-0.15, -0.1) is 0 Å². The molecule has 0 aliphatic rings. The summed E-state index contributed by atoms with van der Waals surface area (Å²) in [6.45, 7) is 1.82. The molecule has 0 saturated heterocycles. The highest BCUT2D eigenvalue weighted by Gasteiger charge is 2.20. The summed E-state index contributed by atoms with van der Waals surface area (Å²) in [6, 6.07) is 13.4. The fraction of sp³-hybridized carbons (Fsp3) is 0.190. The lowest BCUT2D eigenvalue weighted by atomic mass is 10.2. The van der Waals surface area contributed by atoms with Crippen molar-refractivity contribution in [3.63, 3.8) is 0 Å². The Balaban J connectivity index is 1.82. The van der Waals surface area contributed by atoms with E-state index in [0.717, 1.165) is 5.56 Å². The zero-order valence-electron chi connectivity index (χ0n) is 16.7. The van der Waals surface area contributed by atoms with E-state index in [9.17, 15) is 8.42 Å². The average Bonchev–Trinajstić information content (AvgIpc) is 2.74. The van der Waals surface area contributed by atoms with E-state index in [1.165, 1.54) is 12.3 Å². The van der Waals surface area contributed by atoms with Gasteiger partial charge in [-0.05, 0) is 54.4 Å². The first-order valence-corrected chi connectivity index (χ1v) is 10.8. The minimum absolute atomic E-state index is 0.0755. The highest BCUT2D eigenvalue weighted by atomic mass is 35.5. The number of anilines is 1. The van der Waals surface area contributed by atoms with E-state index >= 15 is 0 Å². The van der Waals surface area contributed by atoms with Crippen molar-refractivity contribution in [1.82, 2.24) is 4.98 Å². The van der Waals surface area contributed by atoms with Gasteiger partial charge in [-0.1, -0.05) is 23.7 Å². The third-order valence-electron chi connectivity index (χ3n) is 4.35. The van der Waals surface area contributed by atoms with Crippen LogP contribution in [0.2, 0.25) is 5.02 Å². The third-order valence-corrected chi connectivity index (χ3v) is 6.24. The summed E-state index contributed by atoms with van der Waals surface area (Å²) in [5.41, 5.74) is 1.27. The number of benzene rings is 2. The number of hydrogen-bond donors (Lipinski definition) is 1. The van der Waals surface area contributed by atoms with Gasteiger partial charge in [-0.3, -0.25) is 4.72 Å². The first-order chi connectivity index (χ1) is 14.4. The SMILES string of the molecule is COc1ccc(COc2cccnc2NS(=O)(=O)c2cccc(Cl)c2C)cc1OC. The van der Waals surface area contributed by atoms with Crippen molar-refractivity contribution in [2.24, 2.45) is 0 Å². The zero-order chi connectivity index (χ0) is 21.7.